The van der Waals surface area contributed by atoms with Crippen molar-refractivity contribution >= 4 is 26.0 Å². The fraction of sp³-hybridized carbons (Fsp3) is 0.214. The minimum atomic E-state index is -3.53. The van der Waals surface area contributed by atoms with Crippen LogP contribution >= 0.6 is 15.9 Å². The van der Waals surface area contributed by atoms with E-state index in [2.05, 4.69) is 25.6 Å². The van der Waals surface area contributed by atoms with Crippen LogP contribution in [-0.4, -0.2) is 13.4 Å². The summed E-state index contributed by atoms with van der Waals surface area (Å²) in [5.74, 6) is 0. The van der Waals surface area contributed by atoms with E-state index in [-0.39, 0.29) is 6.54 Å². The lowest BCUT2D eigenvalue weighted by Crippen LogP contribution is -2.24. The van der Waals surface area contributed by atoms with Crippen molar-refractivity contribution < 1.29 is 8.42 Å². The summed E-state index contributed by atoms with van der Waals surface area (Å²) in [6, 6.07) is 7.09. The highest BCUT2D eigenvalue weighted by Crippen LogP contribution is 2.24. The van der Waals surface area contributed by atoms with Crippen molar-refractivity contribution in [2.24, 2.45) is 0 Å². The van der Waals surface area contributed by atoms with E-state index in [9.17, 15) is 8.42 Å². The van der Waals surface area contributed by atoms with Crippen LogP contribution in [0.3, 0.4) is 0 Å². The van der Waals surface area contributed by atoms with Gasteiger partial charge in [-0.05, 0) is 48.7 Å². The highest BCUT2D eigenvalue weighted by atomic mass is 79.9. The number of aromatic nitrogens is 1. The maximum absolute atomic E-state index is 12.3. The second-order valence-electron chi connectivity index (χ2n) is 4.55. The fourth-order valence-corrected chi connectivity index (χ4v) is 3.59. The Bertz CT molecular complexity index is 715. The molecule has 0 spiro atoms. The topological polar surface area (TPSA) is 59.1 Å². The standard InChI is InChI=1S/C14H15BrN2O2S/c1-10-7-14(11(2)6-13(10)15)20(18,19)17-9-12-4-3-5-16-8-12/h3-8,17H,9H2,1-2H3. The average Bonchev–Trinajstić information content (AvgIpc) is 2.42. The zero-order valence-corrected chi connectivity index (χ0v) is 13.6. The molecule has 4 nitrogen and oxygen atoms in total. The van der Waals surface area contributed by atoms with Crippen LogP contribution in [0.15, 0.2) is 46.0 Å². The molecule has 1 aromatic carbocycles. The summed E-state index contributed by atoms with van der Waals surface area (Å²) in [5.41, 5.74) is 2.42. The molecule has 2 rings (SSSR count). The van der Waals surface area contributed by atoms with Gasteiger partial charge >= 0.3 is 0 Å². The molecule has 0 bridgehead atoms. The van der Waals surface area contributed by atoms with E-state index < -0.39 is 10.0 Å². The molecule has 0 radical (unpaired) electrons. The van der Waals surface area contributed by atoms with Crippen molar-refractivity contribution in [3.8, 4) is 0 Å². The van der Waals surface area contributed by atoms with E-state index in [1.807, 2.05) is 19.1 Å². The van der Waals surface area contributed by atoms with E-state index in [4.69, 9.17) is 0 Å². The van der Waals surface area contributed by atoms with Gasteiger partial charge in [0, 0.05) is 23.4 Å². The Morgan fingerprint density at radius 3 is 2.65 bits per heavy atom. The van der Waals surface area contributed by atoms with Crippen LogP contribution in [0.2, 0.25) is 0 Å². The lowest BCUT2D eigenvalue weighted by molar-refractivity contribution is 0.580. The molecule has 0 saturated heterocycles. The lowest BCUT2D eigenvalue weighted by atomic mass is 10.2. The molecule has 0 saturated carbocycles. The first kappa shape index (κ1) is 15.2. The van der Waals surface area contributed by atoms with Gasteiger partial charge in [-0.15, -0.1) is 0 Å². The maximum atomic E-state index is 12.3. The predicted octanol–water partition coefficient (Wildman–Crippen LogP) is 2.94. The van der Waals surface area contributed by atoms with Crippen LogP contribution in [-0.2, 0) is 16.6 Å². The van der Waals surface area contributed by atoms with Crippen molar-refractivity contribution in [3.63, 3.8) is 0 Å². The van der Waals surface area contributed by atoms with Gasteiger partial charge in [-0.2, -0.15) is 0 Å². The van der Waals surface area contributed by atoms with Gasteiger partial charge < -0.3 is 0 Å². The second kappa shape index (κ2) is 6.03. The molecule has 1 aromatic heterocycles. The SMILES string of the molecule is Cc1cc(S(=O)(=O)NCc2cccnc2)c(C)cc1Br. The maximum Gasteiger partial charge on any atom is 0.241 e. The number of hydrogen-bond acceptors (Lipinski definition) is 3. The smallest absolute Gasteiger partial charge is 0.241 e. The van der Waals surface area contributed by atoms with E-state index in [1.165, 1.54) is 0 Å². The highest BCUT2D eigenvalue weighted by Gasteiger charge is 2.17. The van der Waals surface area contributed by atoms with E-state index in [0.717, 1.165) is 15.6 Å². The van der Waals surface area contributed by atoms with Gasteiger partial charge in [-0.1, -0.05) is 22.0 Å². The van der Waals surface area contributed by atoms with Crippen molar-refractivity contribution in [2.75, 3.05) is 0 Å². The zero-order chi connectivity index (χ0) is 14.8. The summed E-state index contributed by atoms with van der Waals surface area (Å²) < 4.78 is 28.2. The lowest BCUT2D eigenvalue weighted by Gasteiger charge is -2.11. The molecule has 0 aliphatic heterocycles. The first-order valence-electron chi connectivity index (χ1n) is 6.05. The third kappa shape index (κ3) is 3.45. The number of halogens is 1. The molecule has 1 heterocycles. The Kier molecular flexibility index (Phi) is 4.57. The van der Waals surface area contributed by atoms with Crippen LogP contribution in [0.5, 0.6) is 0 Å². The minimum Gasteiger partial charge on any atom is -0.264 e. The molecule has 0 unspecified atom stereocenters. The summed E-state index contributed by atoms with van der Waals surface area (Å²) in [4.78, 5) is 4.27. The first-order valence-corrected chi connectivity index (χ1v) is 8.33. The summed E-state index contributed by atoms with van der Waals surface area (Å²) in [6.07, 6.45) is 3.29. The van der Waals surface area contributed by atoms with Crippen LogP contribution in [0, 0.1) is 13.8 Å². The fourth-order valence-electron chi connectivity index (χ4n) is 1.80. The van der Waals surface area contributed by atoms with Crippen molar-refractivity contribution in [1.82, 2.24) is 9.71 Å². The molecule has 1 N–H and O–H groups in total. The molecule has 0 amide bonds. The number of nitrogens with one attached hydrogen (secondary N) is 1. The number of aryl methyl sites for hydroxylation is 2. The molecule has 2 aromatic rings. The highest BCUT2D eigenvalue weighted by molar-refractivity contribution is 9.10. The summed E-state index contributed by atoms with van der Waals surface area (Å²) in [7, 11) is -3.53. The zero-order valence-electron chi connectivity index (χ0n) is 11.2. The Balaban J connectivity index is 2.25. The monoisotopic (exact) mass is 354 g/mol. The summed E-state index contributed by atoms with van der Waals surface area (Å²) >= 11 is 3.40. The van der Waals surface area contributed by atoms with Gasteiger partial charge in [0.15, 0.2) is 0 Å². The van der Waals surface area contributed by atoms with E-state index in [1.54, 1.807) is 31.5 Å². The van der Waals surface area contributed by atoms with Gasteiger partial charge in [0.1, 0.15) is 0 Å². The van der Waals surface area contributed by atoms with Crippen molar-refractivity contribution in [1.29, 1.82) is 0 Å². The third-order valence-electron chi connectivity index (χ3n) is 2.93. The Morgan fingerprint density at radius 1 is 1.25 bits per heavy atom. The van der Waals surface area contributed by atoms with Crippen LogP contribution in [0.25, 0.3) is 0 Å². The Labute approximate surface area is 127 Å². The number of sulfonamides is 1. The number of nitrogens with zero attached hydrogens (tertiary/aromatic N) is 1. The largest absolute Gasteiger partial charge is 0.264 e. The molecular formula is C14H15BrN2O2S. The number of pyridine rings is 1. The minimum absolute atomic E-state index is 0.227. The van der Waals surface area contributed by atoms with Crippen molar-refractivity contribution in [2.45, 2.75) is 25.3 Å². The molecule has 0 aliphatic carbocycles. The number of benzene rings is 1. The predicted molar refractivity (Wildman–Crippen MR) is 81.9 cm³/mol. The van der Waals surface area contributed by atoms with Gasteiger partial charge in [0.25, 0.3) is 0 Å². The number of rotatable bonds is 4. The van der Waals surface area contributed by atoms with Crippen LogP contribution in [0.1, 0.15) is 16.7 Å². The molecule has 106 valence electrons. The van der Waals surface area contributed by atoms with Gasteiger partial charge in [0.2, 0.25) is 10.0 Å². The Hall–Kier alpha value is -1.24. The molecule has 0 aliphatic rings. The Morgan fingerprint density at radius 2 is 2.00 bits per heavy atom. The number of hydrogen-bond donors (Lipinski definition) is 1. The van der Waals surface area contributed by atoms with Crippen LogP contribution < -0.4 is 4.72 Å². The molecule has 0 fully saturated rings. The van der Waals surface area contributed by atoms with Crippen LogP contribution in [0.4, 0.5) is 0 Å². The molecule has 20 heavy (non-hydrogen) atoms. The third-order valence-corrected chi connectivity index (χ3v) is 5.33. The van der Waals surface area contributed by atoms with Crippen molar-refractivity contribution in [3.05, 3.63) is 57.8 Å². The average molecular weight is 355 g/mol. The first-order chi connectivity index (χ1) is 9.40. The van der Waals surface area contributed by atoms with E-state index >= 15 is 0 Å². The summed E-state index contributed by atoms with van der Waals surface area (Å²) in [5, 5.41) is 0. The molecule has 0 atom stereocenters. The van der Waals surface area contributed by atoms with Gasteiger partial charge in [-0.3, -0.25) is 4.98 Å². The van der Waals surface area contributed by atoms with Gasteiger partial charge in [-0.25, -0.2) is 13.1 Å². The summed E-state index contributed by atoms with van der Waals surface area (Å²) in [6.45, 7) is 3.87. The van der Waals surface area contributed by atoms with Gasteiger partial charge in [0.05, 0.1) is 4.90 Å². The molecular weight excluding hydrogens is 340 g/mol. The molecule has 6 heteroatoms. The quantitative estimate of drug-likeness (QED) is 0.917. The van der Waals surface area contributed by atoms with E-state index in [0.29, 0.717) is 10.5 Å². The second-order valence-corrected chi connectivity index (χ2v) is 7.14. The normalized spacial score (nSPS) is 11.6.